The first-order valence-electron chi connectivity index (χ1n) is 15.9. The zero-order valence-corrected chi connectivity index (χ0v) is 25.3. The molecule has 47 heavy (non-hydrogen) atoms. The number of benzene rings is 7. The van der Waals surface area contributed by atoms with Crippen LogP contribution in [0.1, 0.15) is 0 Å². The molecule has 0 radical (unpaired) electrons. The Morgan fingerprint density at radius 1 is 0.447 bits per heavy atom. The maximum atomic E-state index is 6.75. The van der Waals surface area contributed by atoms with Gasteiger partial charge in [0.2, 0.25) is 0 Å². The highest BCUT2D eigenvalue weighted by Crippen LogP contribution is 2.44. The summed E-state index contributed by atoms with van der Waals surface area (Å²) < 4.78 is 11.4. The molecule has 7 aromatic carbocycles. The minimum absolute atomic E-state index is 0.861. The van der Waals surface area contributed by atoms with E-state index in [4.69, 9.17) is 9.40 Å². The van der Waals surface area contributed by atoms with Gasteiger partial charge in [-0.25, -0.2) is 4.98 Å². The van der Waals surface area contributed by atoms with Gasteiger partial charge in [-0.05, 0) is 78.4 Å². The summed E-state index contributed by atoms with van der Waals surface area (Å²) in [6.45, 7) is 0. The van der Waals surface area contributed by atoms with E-state index in [2.05, 4.69) is 155 Å². The first-order valence-corrected chi connectivity index (χ1v) is 15.9. The molecular formula is C43H27N3O. The van der Waals surface area contributed by atoms with Crippen molar-refractivity contribution in [2.45, 2.75) is 0 Å². The van der Waals surface area contributed by atoms with Crippen molar-refractivity contribution < 1.29 is 4.42 Å². The molecule has 0 aliphatic rings. The minimum Gasteiger partial charge on any atom is -0.455 e. The summed E-state index contributed by atoms with van der Waals surface area (Å²) in [5.41, 5.74) is 11.5. The number of furan rings is 1. The lowest BCUT2D eigenvalue weighted by Crippen LogP contribution is -1.98. The average molecular weight is 602 g/mol. The van der Waals surface area contributed by atoms with E-state index in [1.807, 2.05) is 18.2 Å². The third kappa shape index (κ3) is 3.85. The molecule has 0 bridgehead atoms. The van der Waals surface area contributed by atoms with E-state index >= 15 is 0 Å². The van der Waals surface area contributed by atoms with Crippen LogP contribution in [0.5, 0.6) is 0 Å². The molecule has 3 heterocycles. The summed E-state index contributed by atoms with van der Waals surface area (Å²) >= 11 is 0. The fourth-order valence-corrected chi connectivity index (χ4v) is 7.28. The number of rotatable bonds is 4. The molecule has 0 N–H and O–H groups in total. The molecule has 10 rings (SSSR count). The fourth-order valence-electron chi connectivity index (χ4n) is 7.28. The second-order valence-corrected chi connectivity index (χ2v) is 12.0. The third-order valence-electron chi connectivity index (χ3n) is 9.34. The average Bonchev–Trinajstić information content (AvgIpc) is 3.82. The van der Waals surface area contributed by atoms with Gasteiger partial charge in [-0.2, -0.15) is 0 Å². The van der Waals surface area contributed by atoms with Crippen LogP contribution in [0.25, 0.3) is 88.7 Å². The van der Waals surface area contributed by atoms with Gasteiger partial charge >= 0.3 is 0 Å². The lowest BCUT2D eigenvalue weighted by molar-refractivity contribution is 0.670. The zero-order chi connectivity index (χ0) is 30.9. The molecule has 0 saturated carbocycles. The van der Waals surface area contributed by atoms with Gasteiger partial charge in [0.15, 0.2) is 0 Å². The summed E-state index contributed by atoms with van der Waals surface area (Å²) in [5.74, 6) is 0.891. The van der Waals surface area contributed by atoms with E-state index < -0.39 is 0 Å². The van der Waals surface area contributed by atoms with Crippen molar-refractivity contribution >= 4 is 54.8 Å². The predicted molar refractivity (Wildman–Crippen MR) is 194 cm³/mol. The van der Waals surface area contributed by atoms with Crippen LogP contribution in [0.2, 0.25) is 0 Å². The molecule has 0 saturated heterocycles. The molecule has 4 nitrogen and oxygen atoms in total. The van der Waals surface area contributed by atoms with E-state index in [9.17, 15) is 0 Å². The summed E-state index contributed by atoms with van der Waals surface area (Å²) in [7, 11) is 0. The quantitative estimate of drug-likeness (QED) is 0.201. The second-order valence-electron chi connectivity index (χ2n) is 12.0. The van der Waals surface area contributed by atoms with Crippen LogP contribution < -0.4 is 0 Å². The van der Waals surface area contributed by atoms with Gasteiger partial charge in [0.05, 0.1) is 22.1 Å². The van der Waals surface area contributed by atoms with Crippen molar-refractivity contribution in [3.05, 3.63) is 164 Å². The molecule has 10 aromatic rings. The van der Waals surface area contributed by atoms with Gasteiger partial charge in [-0.1, -0.05) is 91.0 Å². The van der Waals surface area contributed by atoms with Crippen LogP contribution in [0.3, 0.4) is 0 Å². The van der Waals surface area contributed by atoms with Crippen LogP contribution in [0.15, 0.2) is 168 Å². The van der Waals surface area contributed by atoms with Crippen molar-refractivity contribution in [2.24, 2.45) is 0 Å². The highest BCUT2D eigenvalue weighted by molar-refractivity contribution is 6.17. The summed E-state index contributed by atoms with van der Waals surface area (Å²) in [4.78, 5) is 5.22. The first-order chi connectivity index (χ1) is 23.3. The van der Waals surface area contributed by atoms with E-state index in [1.165, 1.54) is 21.8 Å². The number of hydrogen-bond acceptors (Lipinski definition) is 2. The Kier molecular flexibility index (Phi) is 5.54. The Morgan fingerprint density at radius 3 is 1.87 bits per heavy atom. The molecule has 0 atom stereocenters. The highest BCUT2D eigenvalue weighted by atomic mass is 16.3. The number of fused-ring (bicyclic) bond motifs is 7. The standard InChI is InChI=1S/C43H27N3O/c1-3-13-29(14-4-1)45-37-20-10-7-17-32(37)35-27-28(23-26-38(35)45)31-24-25-34(41-33-18-8-12-22-40(33)47-42(31)41)43-44-36-19-9-11-21-39(36)46(43)30-15-5-2-6-16-30/h1-27H. The molecule has 0 spiro atoms. The minimum atomic E-state index is 0.861. The number of para-hydroxylation sites is 6. The van der Waals surface area contributed by atoms with Gasteiger partial charge in [0.1, 0.15) is 17.0 Å². The van der Waals surface area contributed by atoms with Crippen LogP contribution in [0, 0.1) is 0 Å². The van der Waals surface area contributed by atoms with E-state index in [0.717, 1.165) is 66.9 Å². The van der Waals surface area contributed by atoms with Crippen LogP contribution in [-0.2, 0) is 0 Å². The van der Waals surface area contributed by atoms with Crippen LogP contribution in [0.4, 0.5) is 0 Å². The molecule has 3 aromatic heterocycles. The Morgan fingerprint density at radius 2 is 1.06 bits per heavy atom. The van der Waals surface area contributed by atoms with Crippen molar-refractivity contribution in [3.8, 4) is 33.9 Å². The van der Waals surface area contributed by atoms with Crippen molar-refractivity contribution in [1.29, 1.82) is 0 Å². The number of aromatic nitrogens is 3. The normalized spacial score (nSPS) is 11.8. The van der Waals surface area contributed by atoms with E-state index in [0.29, 0.717) is 0 Å². The molecule has 4 heteroatoms. The van der Waals surface area contributed by atoms with Gasteiger partial charge in [-0.3, -0.25) is 4.57 Å². The monoisotopic (exact) mass is 601 g/mol. The highest BCUT2D eigenvalue weighted by Gasteiger charge is 2.22. The number of hydrogen-bond donors (Lipinski definition) is 0. The molecular weight excluding hydrogens is 574 g/mol. The fraction of sp³-hybridized carbons (Fsp3) is 0. The van der Waals surface area contributed by atoms with Gasteiger partial charge in [0, 0.05) is 44.0 Å². The van der Waals surface area contributed by atoms with Crippen molar-refractivity contribution in [3.63, 3.8) is 0 Å². The lowest BCUT2D eigenvalue weighted by Gasteiger charge is -2.12. The molecule has 0 aliphatic heterocycles. The number of imidazole rings is 1. The Labute approximate surface area is 270 Å². The largest absolute Gasteiger partial charge is 0.455 e. The smallest absolute Gasteiger partial charge is 0.146 e. The van der Waals surface area contributed by atoms with Gasteiger partial charge in [0.25, 0.3) is 0 Å². The maximum Gasteiger partial charge on any atom is 0.146 e. The molecule has 0 fully saturated rings. The van der Waals surface area contributed by atoms with Crippen LogP contribution in [-0.4, -0.2) is 14.1 Å². The van der Waals surface area contributed by atoms with Crippen molar-refractivity contribution in [2.75, 3.05) is 0 Å². The summed E-state index contributed by atoms with van der Waals surface area (Å²) in [6, 6.07) is 57.6. The SMILES string of the molecule is c1ccc(-n2c(-c3ccc(-c4ccc5c(c4)c4ccccc4n5-c4ccccc4)c4oc5ccccc5c34)nc3ccccc32)cc1. The van der Waals surface area contributed by atoms with Gasteiger partial charge < -0.3 is 8.98 Å². The molecule has 220 valence electrons. The lowest BCUT2D eigenvalue weighted by atomic mass is 9.97. The Balaban J connectivity index is 1.26. The van der Waals surface area contributed by atoms with E-state index in [-0.39, 0.29) is 0 Å². The first kappa shape index (κ1) is 25.9. The maximum absolute atomic E-state index is 6.75. The second kappa shape index (κ2) is 10.1. The molecule has 0 amide bonds. The Hall–Kier alpha value is -6.39. The predicted octanol–water partition coefficient (Wildman–Crippen LogP) is 11.4. The molecule has 0 unspecified atom stereocenters. The van der Waals surface area contributed by atoms with E-state index in [1.54, 1.807) is 0 Å². The zero-order valence-electron chi connectivity index (χ0n) is 25.3. The third-order valence-corrected chi connectivity index (χ3v) is 9.34. The van der Waals surface area contributed by atoms with Crippen molar-refractivity contribution in [1.82, 2.24) is 14.1 Å². The Bertz CT molecular complexity index is 2780. The molecule has 0 aliphatic carbocycles. The van der Waals surface area contributed by atoms with Crippen LogP contribution >= 0.6 is 0 Å². The number of nitrogens with zero attached hydrogens (tertiary/aromatic N) is 3. The van der Waals surface area contributed by atoms with Gasteiger partial charge in [-0.15, -0.1) is 0 Å². The summed E-state index contributed by atoms with van der Waals surface area (Å²) in [5, 5.41) is 4.58. The topological polar surface area (TPSA) is 35.9 Å². The summed E-state index contributed by atoms with van der Waals surface area (Å²) in [6.07, 6.45) is 0.